The third kappa shape index (κ3) is 4.58. The fraction of sp³-hybridized carbons (Fsp3) is 0.214. The quantitative estimate of drug-likeness (QED) is 0.399. The van der Waals surface area contributed by atoms with Gasteiger partial charge in [0.1, 0.15) is 11.5 Å². The van der Waals surface area contributed by atoms with Gasteiger partial charge in [-0.3, -0.25) is 19.2 Å². The van der Waals surface area contributed by atoms with Crippen LogP contribution in [0.25, 0.3) is 0 Å². The number of rotatable bonds is 6. The molecule has 1 aliphatic rings. The van der Waals surface area contributed by atoms with Crippen molar-refractivity contribution in [1.29, 1.82) is 0 Å². The number of nitrogens with zero attached hydrogens (tertiary/aromatic N) is 4. The molecule has 0 saturated carbocycles. The van der Waals surface area contributed by atoms with Crippen molar-refractivity contribution in [1.82, 2.24) is 14.5 Å². The third-order valence-electron chi connectivity index (χ3n) is 6.23. The highest BCUT2D eigenvalue weighted by Crippen LogP contribution is 2.30. The Kier molecular flexibility index (Phi) is 6.14. The highest BCUT2D eigenvalue weighted by Gasteiger charge is 2.27. The average molecular weight is 453 g/mol. The molecule has 2 heterocycles. The zero-order chi connectivity index (χ0) is 23.5. The van der Waals surface area contributed by atoms with Gasteiger partial charge in [-0.1, -0.05) is 48.5 Å². The van der Waals surface area contributed by atoms with Crippen molar-refractivity contribution in [3.05, 3.63) is 112 Å². The molecular weight excluding hydrogens is 424 g/mol. The molecule has 1 aromatic heterocycles. The molecule has 3 aromatic carbocycles. The summed E-state index contributed by atoms with van der Waals surface area (Å²) in [5.74, 6) is 2.24. The van der Waals surface area contributed by atoms with Gasteiger partial charge in [0.05, 0.1) is 13.3 Å². The highest BCUT2D eigenvalue weighted by molar-refractivity contribution is 5.59. The van der Waals surface area contributed by atoms with Crippen LogP contribution < -0.4 is 15.2 Å². The van der Waals surface area contributed by atoms with Crippen LogP contribution in [0.5, 0.6) is 11.5 Å². The van der Waals surface area contributed by atoms with Crippen LogP contribution in [0.2, 0.25) is 0 Å². The monoisotopic (exact) mass is 452 g/mol. The van der Waals surface area contributed by atoms with E-state index in [-0.39, 0.29) is 5.56 Å². The van der Waals surface area contributed by atoms with E-state index in [0.29, 0.717) is 24.8 Å². The summed E-state index contributed by atoms with van der Waals surface area (Å²) < 4.78 is 7.74. The Hall–Kier alpha value is -3.90. The number of aryl methyl sites for hydroxylation is 1. The largest absolute Gasteiger partial charge is 0.457 e. The molecular formula is C28H28N4O2. The molecule has 0 spiro atoms. The Balaban J connectivity index is 1.43. The zero-order valence-electron chi connectivity index (χ0n) is 19.5. The summed E-state index contributed by atoms with van der Waals surface area (Å²) >= 11 is 0. The van der Waals surface area contributed by atoms with Gasteiger partial charge >= 0.3 is 0 Å². The van der Waals surface area contributed by atoms with Crippen molar-refractivity contribution in [2.24, 2.45) is 0 Å². The van der Waals surface area contributed by atoms with E-state index in [0.717, 1.165) is 35.8 Å². The summed E-state index contributed by atoms with van der Waals surface area (Å²) in [5, 5.41) is 0. The van der Waals surface area contributed by atoms with E-state index in [1.807, 2.05) is 74.5 Å². The second-order valence-corrected chi connectivity index (χ2v) is 8.61. The molecule has 0 aliphatic carbocycles. The maximum atomic E-state index is 13.1. The SMILES string of the molecule is Cc1nc2n(c(=O)c1C)CN(CCc1ccccc1)CN2c1ccc(Oc2ccccc2)cc1. The number of fused-ring (bicyclic) bond motifs is 1. The Labute approximate surface area is 199 Å². The van der Waals surface area contributed by atoms with Gasteiger partial charge in [0.15, 0.2) is 0 Å². The van der Waals surface area contributed by atoms with Crippen molar-refractivity contribution < 1.29 is 4.74 Å². The van der Waals surface area contributed by atoms with Crippen LogP contribution in [0.15, 0.2) is 89.7 Å². The minimum absolute atomic E-state index is 0.0148. The summed E-state index contributed by atoms with van der Waals surface area (Å²) in [6.45, 7) is 5.77. The molecule has 0 unspecified atom stereocenters. The van der Waals surface area contributed by atoms with E-state index in [4.69, 9.17) is 9.72 Å². The van der Waals surface area contributed by atoms with E-state index >= 15 is 0 Å². The van der Waals surface area contributed by atoms with Crippen molar-refractivity contribution >= 4 is 11.6 Å². The molecule has 6 nitrogen and oxygen atoms in total. The first kappa shape index (κ1) is 21.9. The molecule has 6 heteroatoms. The van der Waals surface area contributed by atoms with Gasteiger partial charge in [-0.25, -0.2) is 4.98 Å². The molecule has 0 fully saturated rings. The number of anilines is 2. The molecule has 0 amide bonds. The lowest BCUT2D eigenvalue weighted by Gasteiger charge is -2.38. The van der Waals surface area contributed by atoms with E-state index in [1.165, 1.54) is 5.56 Å². The van der Waals surface area contributed by atoms with Gasteiger partial charge in [-0.05, 0) is 62.2 Å². The standard InChI is InChI=1S/C28H28N4O2/c1-21-22(2)29-28-31(24-13-15-26(16-14-24)34-25-11-7-4-8-12-25)19-30(20-32(28)27(21)33)18-17-23-9-5-3-6-10-23/h3-16H,17-20H2,1-2H3. The van der Waals surface area contributed by atoms with Crippen LogP contribution in [-0.2, 0) is 13.1 Å². The van der Waals surface area contributed by atoms with Gasteiger partial charge in [0.2, 0.25) is 5.95 Å². The number of ether oxygens (including phenoxy) is 1. The molecule has 0 N–H and O–H groups in total. The predicted octanol–water partition coefficient (Wildman–Crippen LogP) is 5.26. The van der Waals surface area contributed by atoms with Crippen molar-refractivity contribution in [3.8, 4) is 11.5 Å². The summed E-state index contributed by atoms with van der Waals surface area (Å²) in [6.07, 6.45) is 0.918. The van der Waals surface area contributed by atoms with Crippen LogP contribution in [0, 0.1) is 13.8 Å². The second-order valence-electron chi connectivity index (χ2n) is 8.61. The normalized spacial score (nSPS) is 13.5. The molecule has 0 radical (unpaired) electrons. The average Bonchev–Trinajstić information content (AvgIpc) is 2.88. The van der Waals surface area contributed by atoms with Crippen LogP contribution in [0.4, 0.5) is 11.6 Å². The van der Waals surface area contributed by atoms with Crippen LogP contribution in [0.3, 0.4) is 0 Å². The van der Waals surface area contributed by atoms with Gasteiger partial charge in [0, 0.05) is 23.5 Å². The summed E-state index contributed by atoms with van der Waals surface area (Å²) in [7, 11) is 0. The molecule has 172 valence electrons. The van der Waals surface area contributed by atoms with Gasteiger partial charge in [-0.15, -0.1) is 0 Å². The fourth-order valence-electron chi connectivity index (χ4n) is 4.17. The summed E-state index contributed by atoms with van der Waals surface area (Å²) in [6, 6.07) is 28.1. The third-order valence-corrected chi connectivity index (χ3v) is 6.23. The molecule has 1 aliphatic heterocycles. The zero-order valence-corrected chi connectivity index (χ0v) is 19.5. The molecule has 0 saturated heterocycles. The first-order valence-corrected chi connectivity index (χ1v) is 11.5. The topological polar surface area (TPSA) is 50.6 Å². The van der Waals surface area contributed by atoms with Crippen molar-refractivity contribution in [2.75, 3.05) is 18.1 Å². The number of para-hydroxylation sites is 1. The van der Waals surface area contributed by atoms with Gasteiger partial charge < -0.3 is 4.74 Å². The minimum atomic E-state index is 0.0148. The van der Waals surface area contributed by atoms with Crippen LogP contribution in [-0.4, -0.2) is 27.7 Å². The summed E-state index contributed by atoms with van der Waals surface area (Å²) in [5.41, 5.74) is 3.73. The van der Waals surface area contributed by atoms with E-state index in [2.05, 4.69) is 34.1 Å². The molecule has 5 rings (SSSR count). The Morgan fingerprint density at radius 2 is 1.47 bits per heavy atom. The van der Waals surface area contributed by atoms with Gasteiger partial charge in [-0.2, -0.15) is 0 Å². The van der Waals surface area contributed by atoms with Crippen molar-refractivity contribution in [3.63, 3.8) is 0 Å². The highest BCUT2D eigenvalue weighted by atomic mass is 16.5. The predicted molar refractivity (Wildman–Crippen MR) is 135 cm³/mol. The number of hydrogen-bond acceptors (Lipinski definition) is 5. The first-order valence-electron chi connectivity index (χ1n) is 11.5. The first-order chi connectivity index (χ1) is 16.6. The maximum Gasteiger partial charge on any atom is 0.259 e. The van der Waals surface area contributed by atoms with Gasteiger partial charge in [0.25, 0.3) is 5.56 Å². The lowest BCUT2D eigenvalue weighted by Crippen LogP contribution is -2.48. The smallest absolute Gasteiger partial charge is 0.259 e. The molecule has 34 heavy (non-hydrogen) atoms. The number of hydrogen-bond donors (Lipinski definition) is 0. The maximum absolute atomic E-state index is 13.1. The number of benzene rings is 3. The number of aromatic nitrogens is 2. The van der Waals surface area contributed by atoms with E-state index in [9.17, 15) is 4.79 Å². The molecule has 0 atom stereocenters. The minimum Gasteiger partial charge on any atom is -0.457 e. The van der Waals surface area contributed by atoms with Crippen LogP contribution in [0.1, 0.15) is 16.8 Å². The van der Waals surface area contributed by atoms with Crippen LogP contribution >= 0.6 is 0 Å². The Morgan fingerprint density at radius 3 is 2.18 bits per heavy atom. The molecule has 4 aromatic rings. The summed E-state index contributed by atoms with van der Waals surface area (Å²) in [4.78, 5) is 22.3. The Morgan fingerprint density at radius 1 is 0.824 bits per heavy atom. The lowest BCUT2D eigenvalue weighted by molar-refractivity contribution is 0.200. The van der Waals surface area contributed by atoms with E-state index in [1.54, 1.807) is 4.57 Å². The molecule has 0 bridgehead atoms. The van der Waals surface area contributed by atoms with E-state index < -0.39 is 0 Å². The lowest BCUT2D eigenvalue weighted by atomic mass is 10.1. The van der Waals surface area contributed by atoms with Crippen molar-refractivity contribution in [2.45, 2.75) is 26.9 Å². The fourth-order valence-corrected chi connectivity index (χ4v) is 4.17. The second kappa shape index (κ2) is 9.53. The Bertz CT molecular complexity index is 1320.